The quantitative estimate of drug-likeness (QED) is 0.173. The second-order valence-electron chi connectivity index (χ2n) is 15.2. The molecule has 0 aliphatic rings. The lowest BCUT2D eigenvalue weighted by atomic mass is 9.98. The van der Waals surface area contributed by atoms with Gasteiger partial charge in [0.25, 0.3) is 0 Å². The Morgan fingerprint density at radius 3 is 1.37 bits per heavy atom. The number of rotatable bonds is 5. The monoisotopic (exact) mass is 750 g/mol. The summed E-state index contributed by atoms with van der Waals surface area (Å²) in [5.74, 6) is 0. The Kier molecular flexibility index (Phi) is 7.26. The summed E-state index contributed by atoms with van der Waals surface area (Å²) in [5.41, 5.74) is 14.9. The second kappa shape index (κ2) is 13.0. The molecule has 0 amide bonds. The average Bonchev–Trinajstić information content (AvgIpc) is 3.94. The summed E-state index contributed by atoms with van der Waals surface area (Å²) in [6, 6.07) is 76.0. The molecule has 3 heterocycles. The first-order chi connectivity index (χ1) is 29.2. The SMILES string of the molecule is N#Cc1cccc(-c2ccc3c(c2)c2ccccc2n3-c2ccccc2)c1-n1c2ccccc2c2cc(-c3ccc4c5ccccc5n(-c5ccccc5)c4c3)ccc21. The third kappa shape index (κ3) is 4.95. The van der Waals surface area contributed by atoms with Crippen LogP contribution in [0.15, 0.2) is 206 Å². The molecule has 59 heavy (non-hydrogen) atoms. The smallest absolute Gasteiger partial charge is 0.101 e. The number of hydrogen-bond donors (Lipinski definition) is 0. The number of para-hydroxylation sites is 6. The molecule has 9 aromatic carbocycles. The Labute approximate surface area is 340 Å². The van der Waals surface area contributed by atoms with Crippen LogP contribution in [0.4, 0.5) is 0 Å². The lowest BCUT2D eigenvalue weighted by molar-refractivity contribution is 1.17. The minimum absolute atomic E-state index is 0.625. The number of nitriles is 1. The van der Waals surface area contributed by atoms with Crippen LogP contribution in [0.2, 0.25) is 0 Å². The van der Waals surface area contributed by atoms with E-state index in [9.17, 15) is 5.26 Å². The van der Waals surface area contributed by atoms with E-state index in [4.69, 9.17) is 0 Å². The Bertz CT molecular complexity index is 3670. The molecule has 0 atom stereocenters. The van der Waals surface area contributed by atoms with E-state index >= 15 is 0 Å². The van der Waals surface area contributed by atoms with Crippen molar-refractivity contribution in [3.8, 4) is 45.4 Å². The highest BCUT2D eigenvalue weighted by molar-refractivity contribution is 6.14. The van der Waals surface area contributed by atoms with Crippen molar-refractivity contribution in [3.63, 3.8) is 0 Å². The predicted octanol–water partition coefficient (Wildman–Crippen LogP) is 14.2. The van der Waals surface area contributed by atoms with Gasteiger partial charge in [0.2, 0.25) is 0 Å². The van der Waals surface area contributed by atoms with E-state index in [0.29, 0.717) is 5.56 Å². The molecule has 0 aliphatic heterocycles. The van der Waals surface area contributed by atoms with Gasteiger partial charge in [-0.25, -0.2) is 0 Å². The van der Waals surface area contributed by atoms with E-state index in [1.54, 1.807) is 0 Å². The van der Waals surface area contributed by atoms with Crippen molar-refractivity contribution in [2.75, 3.05) is 0 Å². The molecule has 0 N–H and O–H groups in total. The first-order valence-corrected chi connectivity index (χ1v) is 20.0. The van der Waals surface area contributed by atoms with Crippen molar-refractivity contribution >= 4 is 65.4 Å². The molecule has 12 aromatic rings. The highest BCUT2D eigenvalue weighted by atomic mass is 15.0. The lowest BCUT2D eigenvalue weighted by Gasteiger charge is -2.16. The molecule has 0 spiro atoms. The molecule has 0 unspecified atom stereocenters. The van der Waals surface area contributed by atoms with Gasteiger partial charge in [-0.05, 0) is 95.6 Å². The summed E-state index contributed by atoms with van der Waals surface area (Å²) in [6.07, 6.45) is 0. The fraction of sp³-hybridized carbons (Fsp3) is 0. The van der Waals surface area contributed by atoms with E-state index in [-0.39, 0.29) is 0 Å². The molecular weight excluding hydrogens is 717 g/mol. The normalized spacial score (nSPS) is 11.7. The molecule has 4 nitrogen and oxygen atoms in total. The maximum atomic E-state index is 10.7. The predicted molar refractivity (Wildman–Crippen MR) is 245 cm³/mol. The topological polar surface area (TPSA) is 38.6 Å². The van der Waals surface area contributed by atoms with Crippen LogP contribution in [0.1, 0.15) is 5.56 Å². The van der Waals surface area contributed by atoms with Gasteiger partial charge < -0.3 is 13.7 Å². The van der Waals surface area contributed by atoms with Gasteiger partial charge in [0.05, 0.1) is 44.4 Å². The summed E-state index contributed by atoms with van der Waals surface area (Å²) in [7, 11) is 0. The van der Waals surface area contributed by atoms with E-state index < -0.39 is 0 Å². The molecule has 0 radical (unpaired) electrons. The standard InChI is InChI=1S/C55H34N4/c56-35-39-14-13-22-42(38-28-31-52-48(33-38)44-20-8-11-24-50(44)57(52)40-15-3-1-4-16-40)55(39)59-51-25-12-9-21-45(51)47-32-36(27-30-53(47)59)37-26-29-46-43-19-7-10-23-49(43)58(54(46)34-37)41-17-5-2-6-18-41/h1-34H. The molecule has 0 saturated carbocycles. The Morgan fingerprint density at radius 1 is 0.305 bits per heavy atom. The molecule has 0 saturated heterocycles. The summed E-state index contributed by atoms with van der Waals surface area (Å²) in [5, 5.41) is 17.9. The minimum atomic E-state index is 0.625. The fourth-order valence-electron chi connectivity index (χ4n) is 9.50. The van der Waals surface area contributed by atoms with Gasteiger partial charge in [0.1, 0.15) is 6.07 Å². The molecule has 0 fully saturated rings. The van der Waals surface area contributed by atoms with Crippen LogP contribution in [0.5, 0.6) is 0 Å². The van der Waals surface area contributed by atoms with Crippen LogP contribution in [0.25, 0.3) is 105 Å². The Hall–Kier alpha value is -8.13. The third-order valence-electron chi connectivity index (χ3n) is 12.1. The van der Waals surface area contributed by atoms with Crippen molar-refractivity contribution in [1.29, 1.82) is 5.26 Å². The van der Waals surface area contributed by atoms with Crippen molar-refractivity contribution in [2.45, 2.75) is 0 Å². The van der Waals surface area contributed by atoms with E-state index in [0.717, 1.165) is 72.2 Å². The highest BCUT2D eigenvalue weighted by Crippen LogP contribution is 2.42. The Balaban J connectivity index is 1.06. The molecule has 274 valence electrons. The van der Waals surface area contributed by atoms with Gasteiger partial charge in [0, 0.05) is 49.3 Å². The maximum Gasteiger partial charge on any atom is 0.101 e. The van der Waals surface area contributed by atoms with Crippen molar-refractivity contribution in [3.05, 3.63) is 212 Å². The average molecular weight is 751 g/mol. The first kappa shape index (κ1) is 33.1. The number of benzene rings is 9. The third-order valence-corrected chi connectivity index (χ3v) is 12.1. The summed E-state index contributed by atoms with van der Waals surface area (Å²) in [4.78, 5) is 0. The van der Waals surface area contributed by atoms with Gasteiger partial charge in [0.15, 0.2) is 0 Å². The molecule has 3 aromatic heterocycles. The maximum absolute atomic E-state index is 10.7. The first-order valence-electron chi connectivity index (χ1n) is 20.0. The number of nitrogens with zero attached hydrogens (tertiary/aromatic N) is 4. The molecule has 0 aliphatic carbocycles. The van der Waals surface area contributed by atoms with Gasteiger partial charge in [-0.3, -0.25) is 0 Å². The zero-order chi connectivity index (χ0) is 39.0. The van der Waals surface area contributed by atoms with Gasteiger partial charge >= 0.3 is 0 Å². The molecule has 4 heteroatoms. The van der Waals surface area contributed by atoms with Gasteiger partial charge in [-0.15, -0.1) is 0 Å². The zero-order valence-corrected chi connectivity index (χ0v) is 31.9. The zero-order valence-electron chi connectivity index (χ0n) is 31.9. The lowest BCUT2D eigenvalue weighted by Crippen LogP contribution is -2.01. The van der Waals surface area contributed by atoms with Crippen LogP contribution in [0, 0.1) is 11.3 Å². The van der Waals surface area contributed by atoms with Gasteiger partial charge in [-0.2, -0.15) is 5.26 Å². The minimum Gasteiger partial charge on any atom is -0.309 e. The molecule has 12 rings (SSSR count). The number of fused-ring (bicyclic) bond motifs is 9. The number of hydrogen-bond acceptors (Lipinski definition) is 1. The van der Waals surface area contributed by atoms with Gasteiger partial charge in [-0.1, -0.05) is 127 Å². The fourth-order valence-corrected chi connectivity index (χ4v) is 9.50. The van der Waals surface area contributed by atoms with E-state index in [2.05, 4.69) is 214 Å². The number of aromatic nitrogens is 3. The van der Waals surface area contributed by atoms with Crippen LogP contribution in [-0.4, -0.2) is 13.7 Å². The summed E-state index contributed by atoms with van der Waals surface area (Å²) < 4.78 is 7.01. The van der Waals surface area contributed by atoms with Crippen LogP contribution >= 0.6 is 0 Å². The van der Waals surface area contributed by atoms with Crippen LogP contribution in [-0.2, 0) is 0 Å². The van der Waals surface area contributed by atoms with Crippen molar-refractivity contribution in [1.82, 2.24) is 13.7 Å². The molecular formula is C55H34N4. The summed E-state index contributed by atoms with van der Waals surface area (Å²) >= 11 is 0. The molecule has 0 bridgehead atoms. The highest BCUT2D eigenvalue weighted by Gasteiger charge is 2.21. The second-order valence-corrected chi connectivity index (χ2v) is 15.2. The van der Waals surface area contributed by atoms with Crippen LogP contribution in [0.3, 0.4) is 0 Å². The summed E-state index contributed by atoms with van der Waals surface area (Å²) in [6.45, 7) is 0. The Morgan fingerprint density at radius 2 is 0.746 bits per heavy atom. The van der Waals surface area contributed by atoms with E-state index in [1.165, 1.54) is 32.6 Å². The van der Waals surface area contributed by atoms with Crippen LogP contribution < -0.4 is 0 Å². The van der Waals surface area contributed by atoms with Crippen molar-refractivity contribution in [2.24, 2.45) is 0 Å². The largest absolute Gasteiger partial charge is 0.309 e. The van der Waals surface area contributed by atoms with E-state index in [1.807, 2.05) is 12.1 Å². The van der Waals surface area contributed by atoms with Crippen molar-refractivity contribution < 1.29 is 0 Å².